The van der Waals surface area contributed by atoms with Crippen molar-refractivity contribution in [1.29, 1.82) is 0 Å². The van der Waals surface area contributed by atoms with Crippen molar-refractivity contribution < 1.29 is 5.11 Å². The molecule has 1 heteroatoms. The van der Waals surface area contributed by atoms with Gasteiger partial charge in [-0.1, -0.05) is 19.3 Å². The topological polar surface area (TPSA) is 20.2 Å². The molecule has 0 spiro atoms. The summed E-state index contributed by atoms with van der Waals surface area (Å²) in [6, 6.07) is 0. The molecule has 0 radical (unpaired) electrons. The molecule has 0 saturated heterocycles. The Labute approximate surface area is 75.2 Å². The molecule has 2 rings (SSSR count). The van der Waals surface area contributed by atoms with Crippen molar-refractivity contribution in [1.82, 2.24) is 0 Å². The summed E-state index contributed by atoms with van der Waals surface area (Å²) in [5.41, 5.74) is 0. The second-order valence-corrected chi connectivity index (χ2v) is 4.71. The van der Waals surface area contributed by atoms with Crippen LogP contribution in [-0.4, -0.2) is 11.2 Å². The van der Waals surface area contributed by atoms with Crippen molar-refractivity contribution >= 4 is 0 Å². The molecule has 0 bridgehead atoms. The van der Waals surface area contributed by atoms with Gasteiger partial charge in [0.1, 0.15) is 0 Å². The highest BCUT2D eigenvalue weighted by Gasteiger charge is 2.25. The molecule has 1 N–H and O–H groups in total. The van der Waals surface area contributed by atoms with Gasteiger partial charge in [-0.25, -0.2) is 0 Å². The van der Waals surface area contributed by atoms with Gasteiger partial charge in [0.15, 0.2) is 0 Å². The van der Waals surface area contributed by atoms with Crippen LogP contribution in [0, 0.1) is 11.8 Å². The molecule has 0 amide bonds. The van der Waals surface area contributed by atoms with Crippen LogP contribution in [0.25, 0.3) is 0 Å². The molecule has 2 aliphatic carbocycles. The van der Waals surface area contributed by atoms with Crippen LogP contribution in [0.1, 0.15) is 51.4 Å². The Bertz CT molecular complexity index is 132. The van der Waals surface area contributed by atoms with E-state index in [2.05, 4.69) is 0 Å². The number of aliphatic hydroxyl groups is 1. The molecule has 1 nitrogen and oxygen atoms in total. The Morgan fingerprint density at radius 1 is 0.833 bits per heavy atom. The molecule has 0 unspecified atom stereocenters. The summed E-state index contributed by atoms with van der Waals surface area (Å²) in [5.74, 6) is 2.02. The SMILES string of the molecule is OC1CCC(CC2CCC2)CC1. The van der Waals surface area contributed by atoms with Gasteiger partial charge >= 0.3 is 0 Å². The fourth-order valence-electron chi connectivity index (χ4n) is 2.58. The van der Waals surface area contributed by atoms with E-state index in [4.69, 9.17) is 0 Å². The third-order valence-corrected chi connectivity index (χ3v) is 3.71. The van der Waals surface area contributed by atoms with Crippen LogP contribution in [0.3, 0.4) is 0 Å². The van der Waals surface area contributed by atoms with E-state index in [1.807, 2.05) is 0 Å². The fraction of sp³-hybridized carbons (Fsp3) is 1.00. The van der Waals surface area contributed by atoms with E-state index < -0.39 is 0 Å². The van der Waals surface area contributed by atoms with Gasteiger partial charge in [-0.05, 0) is 43.9 Å². The first-order valence-corrected chi connectivity index (χ1v) is 5.52. The van der Waals surface area contributed by atoms with E-state index in [1.54, 1.807) is 0 Å². The van der Waals surface area contributed by atoms with Gasteiger partial charge in [0.2, 0.25) is 0 Å². The van der Waals surface area contributed by atoms with Crippen LogP contribution in [0.4, 0.5) is 0 Å². The van der Waals surface area contributed by atoms with Crippen molar-refractivity contribution in [2.24, 2.45) is 11.8 Å². The Hall–Kier alpha value is -0.0400. The predicted molar refractivity (Wildman–Crippen MR) is 49.9 cm³/mol. The zero-order valence-electron chi connectivity index (χ0n) is 7.84. The molecule has 0 aromatic carbocycles. The Morgan fingerprint density at radius 3 is 1.92 bits per heavy atom. The van der Waals surface area contributed by atoms with E-state index in [1.165, 1.54) is 38.5 Å². The quantitative estimate of drug-likeness (QED) is 0.672. The lowest BCUT2D eigenvalue weighted by Crippen LogP contribution is -2.22. The lowest BCUT2D eigenvalue weighted by atomic mass is 9.74. The van der Waals surface area contributed by atoms with Crippen molar-refractivity contribution in [2.75, 3.05) is 0 Å². The average molecular weight is 168 g/mol. The summed E-state index contributed by atoms with van der Waals surface area (Å²) < 4.78 is 0. The van der Waals surface area contributed by atoms with Crippen molar-refractivity contribution in [2.45, 2.75) is 57.5 Å². The van der Waals surface area contributed by atoms with Crippen LogP contribution in [-0.2, 0) is 0 Å². The van der Waals surface area contributed by atoms with E-state index in [-0.39, 0.29) is 6.10 Å². The van der Waals surface area contributed by atoms with Crippen LogP contribution >= 0.6 is 0 Å². The normalized spacial score (nSPS) is 37.8. The molecular formula is C11H20O. The number of hydrogen-bond donors (Lipinski definition) is 1. The van der Waals surface area contributed by atoms with Gasteiger partial charge in [-0.2, -0.15) is 0 Å². The Balaban J connectivity index is 1.67. The third-order valence-electron chi connectivity index (χ3n) is 3.71. The number of hydrogen-bond acceptors (Lipinski definition) is 1. The van der Waals surface area contributed by atoms with Crippen molar-refractivity contribution in [3.05, 3.63) is 0 Å². The molecule has 0 aromatic heterocycles. The minimum Gasteiger partial charge on any atom is -0.393 e. The smallest absolute Gasteiger partial charge is 0.0540 e. The molecular weight excluding hydrogens is 148 g/mol. The van der Waals surface area contributed by atoms with Gasteiger partial charge in [0.05, 0.1) is 6.10 Å². The maximum atomic E-state index is 9.33. The van der Waals surface area contributed by atoms with E-state index in [9.17, 15) is 5.11 Å². The number of rotatable bonds is 2. The molecule has 2 aliphatic rings. The van der Waals surface area contributed by atoms with Crippen molar-refractivity contribution in [3.8, 4) is 0 Å². The first-order chi connectivity index (χ1) is 5.84. The molecule has 0 aliphatic heterocycles. The highest BCUT2D eigenvalue weighted by atomic mass is 16.3. The molecule has 2 saturated carbocycles. The Kier molecular flexibility index (Phi) is 2.69. The van der Waals surface area contributed by atoms with Crippen LogP contribution in [0.15, 0.2) is 0 Å². The van der Waals surface area contributed by atoms with Crippen molar-refractivity contribution in [3.63, 3.8) is 0 Å². The van der Waals surface area contributed by atoms with Crippen LogP contribution < -0.4 is 0 Å². The minimum absolute atomic E-state index is 0.0302. The van der Waals surface area contributed by atoms with Gasteiger partial charge < -0.3 is 5.11 Å². The lowest BCUT2D eigenvalue weighted by Gasteiger charge is -2.32. The highest BCUT2D eigenvalue weighted by molar-refractivity contribution is 4.77. The standard InChI is InChI=1S/C11H20O/c12-11-6-4-10(5-7-11)8-9-2-1-3-9/h9-12H,1-8H2. The van der Waals surface area contributed by atoms with Gasteiger partial charge in [0.25, 0.3) is 0 Å². The van der Waals surface area contributed by atoms with Gasteiger partial charge in [-0.3, -0.25) is 0 Å². The summed E-state index contributed by atoms with van der Waals surface area (Å²) >= 11 is 0. The maximum absolute atomic E-state index is 9.33. The molecule has 70 valence electrons. The highest BCUT2D eigenvalue weighted by Crippen LogP contribution is 2.37. The zero-order valence-corrected chi connectivity index (χ0v) is 7.84. The maximum Gasteiger partial charge on any atom is 0.0540 e. The van der Waals surface area contributed by atoms with Gasteiger partial charge in [0, 0.05) is 0 Å². The predicted octanol–water partition coefficient (Wildman–Crippen LogP) is 2.73. The lowest BCUT2D eigenvalue weighted by molar-refractivity contribution is 0.0951. The third kappa shape index (κ3) is 2.01. The molecule has 0 aromatic rings. The molecule has 0 heterocycles. The van der Waals surface area contributed by atoms with E-state index in [0.29, 0.717) is 0 Å². The second kappa shape index (κ2) is 3.78. The molecule has 12 heavy (non-hydrogen) atoms. The number of aliphatic hydroxyl groups excluding tert-OH is 1. The summed E-state index contributed by atoms with van der Waals surface area (Å²) in [4.78, 5) is 0. The first kappa shape index (κ1) is 8.55. The summed E-state index contributed by atoms with van der Waals surface area (Å²) in [7, 11) is 0. The Morgan fingerprint density at radius 2 is 1.42 bits per heavy atom. The summed E-state index contributed by atoms with van der Waals surface area (Å²) in [5, 5.41) is 9.33. The zero-order chi connectivity index (χ0) is 8.39. The van der Waals surface area contributed by atoms with Crippen LogP contribution in [0.2, 0.25) is 0 Å². The van der Waals surface area contributed by atoms with Gasteiger partial charge in [-0.15, -0.1) is 0 Å². The van der Waals surface area contributed by atoms with E-state index in [0.717, 1.165) is 24.7 Å². The molecule has 2 fully saturated rings. The summed E-state index contributed by atoms with van der Waals surface area (Å²) in [6.07, 6.45) is 10.7. The molecule has 0 atom stereocenters. The second-order valence-electron chi connectivity index (χ2n) is 4.71. The average Bonchev–Trinajstić information content (AvgIpc) is 2.00. The summed E-state index contributed by atoms with van der Waals surface area (Å²) in [6.45, 7) is 0. The fourth-order valence-corrected chi connectivity index (χ4v) is 2.58. The van der Waals surface area contributed by atoms with E-state index >= 15 is 0 Å². The minimum atomic E-state index is 0.0302. The first-order valence-electron chi connectivity index (χ1n) is 5.52. The largest absolute Gasteiger partial charge is 0.393 e. The van der Waals surface area contributed by atoms with Crippen LogP contribution in [0.5, 0.6) is 0 Å². The monoisotopic (exact) mass is 168 g/mol.